The molecule has 0 amide bonds. The zero-order valence-electron chi connectivity index (χ0n) is 13.2. The molecule has 112 valence electrons. The number of hydrogen-bond acceptors (Lipinski definition) is 2. The molecule has 1 aromatic carbocycles. The largest absolute Gasteiger partial charge is 0.344 e. The van der Waals surface area contributed by atoms with E-state index in [1.807, 2.05) is 18.2 Å². The fraction of sp³-hybridized carbons (Fsp3) is 0.263. The van der Waals surface area contributed by atoms with Gasteiger partial charge in [0.2, 0.25) is 0 Å². The van der Waals surface area contributed by atoms with E-state index in [-0.39, 0.29) is 11.7 Å². The number of carbonyl (C=O) groups is 1. The van der Waals surface area contributed by atoms with Crippen LogP contribution in [0.5, 0.6) is 0 Å². The number of aryl methyl sites for hydroxylation is 1. The molecule has 3 nitrogen and oxygen atoms in total. The van der Waals surface area contributed by atoms with Crippen molar-refractivity contribution in [3.8, 4) is 0 Å². The van der Waals surface area contributed by atoms with E-state index in [9.17, 15) is 4.79 Å². The average Bonchev–Trinajstić information content (AvgIpc) is 2.89. The number of para-hydroxylation sites is 1. The average molecular weight is 292 g/mol. The van der Waals surface area contributed by atoms with Crippen molar-refractivity contribution < 1.29 is 4.79 Å². The van der Waals surface area contributed by atoms with Gasteiger partial charge in [-0.25, -0.2) is 0 Å². The Labute approximate surface area is 130 Å². The summed E-state index contributed by atoms with van der Waals surface area (Å²) < 4.78 is 2.26. The van der Waals surface area contributed by atoms with Gasteiger partial charge < -0.3 is 4.57 Å². The molecule has 0 N–H and O–H groups in total. The fourth-order valence-corrected chi connectivity index (χ4v) is 3.15. The Bertz CT molecular complexity index is 816. The molecule has 2 aromatic heterocycles. The third-order valence-corrected chi connectivity index (χ3v) is 4.04. The standard InChI is InChI=1S/C19H20N2O/c1-4-21-16-8-6-5-7-15(16)17(18(21)13(2)3)19(22)14-9-11-20-12-10-14/h5-13H,4H2,1-3H3. The van der Waals surface area contributed by atoms with Crippen molar-refractivity contribution in [3.05, 3.63) is 65.6 Å². The maximum absolute atomic E-state index is 13.1. The number of ketones is 1. The molecule has 2 heterocycles. The summed E-state index contributed by atoms with van der Waals surface area (Å²) in [5.41, 5.74) is 3.77. The van der Waals surface area contributed by atoms with E-state index in [1.54, 1.807) is 24.5 Å². The fourth-order valence-electron chi connectivity index (χ4n) is 3.15. The van der Waals surface area contributed by atoms with Crippen LogP contribution in [0, 0.1) is 0 Å². The zero-order valence-corrected chi connectivity index (χ0v) is 13.2. The van der Waals surface area contributed by atoms with Crippen LogP contribution < -0.4 is 0 Å². The van der Waals surface area contributed by atoms with Crippen molar-refractivity contribution in [2.24, 2.45) is 0 Å². The smallest absolute Gasteiger partial charge is 0.195 e. The van der Waals surface area contributed by atoms with E-state index in [1.165, 1.54) is 0 Å². The summed E-state index contributed by atoms with van der Waals surface area (Å²) in [4.78, 5) is 17.1. The van der Waals surface area contributed by atoms with Crippen LogP contribution in [-0.4, -0.2) is 15.3 Å². The van der Waals surface area contributed by atoms with Gasteiger partial charge in [-0.1, -0.05) is 32.0 Å². The number of benzene rings is 1. The number of rotatable bonds is 4. The van der Waals surface area contributed by atoms with E-state index in [4.69, 9.17) is 0 Å². The van der Waals surface area contributed by atoms with E-state index in [0.29, 0.717) is 5.56 Å². The molecule has 3 heteroatoms. The SMILES string of the molecule is CCn1c(C(C)C)c(C(=O)c2ccncc2)c2ccccc21. The van der Waals surface area contributed by atoms with Crippen LogP contribution in [0.1, 0.15) is 48.3 Å². The molecule has 0 fully saturated rings. The molecule has 0 atom stereocenters. The van der Waals surface area contributed by atoms with Gasteiger partial charge in [0.15, 0.2) is 5.78 Å². The summed E-state index contributed by atoms with van der Waals surface area (Å²) >= 11 is 0. The first-order chi connectivity index (χ1) is 10.6. The number of pyridine rings is 1. The van der Waals surface area contributed by atoms with Crippen molar-refractivity contribution in [1.82, 2.24) is 9.55 Å². The van der Waals surface area contributed by atoms with Crippen molar-refractivity contribution in [2.45, 2.75) is 33.2 Å². The quantitative estimate of drug-likeness (QED) is 0.668. The Morgan fingerprint density at radius 1 is 1.14 bits per heavy atom. The van der Waals surface area contributed by atoms with E-state index >= 15 is 0 Å². The number of nitrogens with zero attached hydrogens (tertiary/aromatic N) is 2. The first-order valence-electron chi connectivity index (χ1n) is 7.71. The van der Waals surface area contributed by atoms with Gasteiger partial charge in [0.05, 0.1) is 5.56 Å². The Morgan fingerprint density at radius 2 is 1.82 bits per heavy atom. The highest BCUT2D eigenvalue weighted by Gasteiger charge is 2.24. The summed E-state index contributed by atoms with van der Waals surface area (Å²) in [6.07, 6.45) is 3.34. The van der Waals surface area contributed by atoms with Gasteiger partial charge in [-0.15, -0.1) is 0 Å². The third-order valence-electron chi connectivity index (χ3n) is 4.04. The highest BCUT2D eigenvalue weighted by Crippen LogP contribution is 2.32. The Morgan fingerprint density at radius 3 is 2.45 bits per heavy atom. The Hall–Kier alpha value is -2.42. The van der Waals surface area contributed by atoms with Gasteiger partial charge in [0, 0.05) is 41.1 Å². The minimum Gasteiger partial charge on any atom is -0.344 e. The normalized spacial score (nSPS) is 11.3. The van der Waals surface area contributed by atoms with Crippen LogP contribution >= 0.6 is 0 Å². The lowest BCUT2D eigenvalue weighted by Crippen LogP contribution is -2.09. The van der Waals surface area contributed by atoms with Crippen LogP contribution in [0.3, 0.4) is 0 Å². The lowest BCUT2D eigenvalue weighted by Gasteiger charge is -2.13. The first kappa shape index (κ1) is 14.5. The molecule has 22 heavy (non-hydrogen) atoms. The van der Waals surface area contributed by atoms with Crippen molar-refractivity contribution in [3.63, 3.8) is 0 Å². The number of carbonyl (C=O) groups excluding carboxylic acids is 1. The summed E-state index contributed by atoms with van der Waals surface area (Å²) in [5, 5.41) is 1.04. The van der Waals surface area contributed by atoms with Gasteiger partial charge in [-0.2, -0.15) is 0 Å². The topological polar surface area (TPSA) is 34.9 Å². The molecule has 0 spiro atoms. The molecular formula is C19H20N2O. The molecule has 3 aromatic rings. The molecule has 0 radical (unpaired) electrons. The zero-order chi connectivity index (χ0) is 15.7. The molecule has 0 bridgehead atoms. The van der Waals surface area contributed by atoms with Crippen molar-refractivity contribution in [2.75, 3.05) is 0 Å². The molecule has 0 unspecified atom stereocenters. The molecule has 0 saturated heterocycles. The van der Waals surface area contributed by atoms with Crippen molar-refractivity contribution in [1.29, 1.82) is 0 Å². The molecule has 0 saturated carbocycles. The molecule has 0 aliphatic carbocycles. The lowest BCUT2D eigenvalue weighted by atomic mass is 9.96. The molecule has 0 aliphatic heterocycles. The second-order valence-electron chi connectivity index (χ2n) is 5.74. The summed E-state index contributed by atoms with van der Waals surface area (Å²) in [7, 11) is 0. The maximum atomic E-state index is 13.1. The van der Waals surface area contributed by atoms with Crippen LogP contribution in [0.25, 0.3) is 10.9 Å². The monoisotopic (exact) mass is 292 g/mol. The summed E-state index contributed by atoms with van der Waals surface area (Å²) in [6.45, 7) is 7.27. The second kappa shape index (κ2) is 5.76. The van der Waals surface area contributed by atoms with E-state index in [0.717, 1.165) is 28.7 Å². The van der Waals surface area contributed by atoms with Crippen LogP contribution in [0.2, 0.25) is 0 Å². The molecule has 0 aliphatic rings. The molecule has 3 rings (SSSR count). The van der Waals surface area contributed by atoms with Crippen LogP contribution in [0.4, 0.5) is 0 Å². The van der Waals surface area contributed by atoms with Gasteiger partial charge in [-0.3, -0.25) is 9.78 Å². The number of aromatic nitrogens is 2. The summed E-state index contributed by atoms with van der Waals surface area (Å²) in [6, 6.07) is 11.7. The summed E-state index contributed by atoms with van der Waals surface area (Å²) in [5.74, 6) is 0.364. The minimum atomic E-state index is 0.0782. The lowest BCUT2D eigenvalue weighted by molar-refractivity contribution is 0.103. The predicted molar refractivity (Wildman–Crippen MR) is 89.4 cm³/mol. The highest BCUT2D eigenvalue weighted by atomic mass is 16.1. The van der Waals surface area contributed by atoms with Gasteiger partial charge >= 0.3 is 0 Å². The minimum absolute atomic E-state index is 0.0782. The number of hydrogen-bond donors (Lipinski definition) is 0. The van der Waals surface area contributed by atoms with Crippen LogP contribution in [-0.2, 0) is 6.54 Å². The van der Waals surface area contributed by atoms with Gasteiger partial charge in [-0.05, 0) is 31.0 Å². The van der Waals surface area contributed by atoms with Gasteiger partial charge in [0.1, 0.15) is 0 Å². The second-order valence-corrected chi connectivity index (χ2v) is 5.74. The Kier molecular flexibility index (Phi) is 3.80. The first-order valence-corrected chi connectivity index (χ1v) is 7.71. The molecular weight excluding hydrogens is 272 g/mol. The van der Waals surface area contributed by atoms with Crippen molar-refractivity contribution >= 4 is 16.7 Å². The van der Waals surface area contributed by atoms with Crippen LogP contribution in [0.15, 0.2) is 48.8 Å². The van der Waals surface area contributed by atoms with Gasteiger partial charge in [0.25, 0.3) is 0 Å². The Balaban J connectivity index is 2.33. The maximum Gasteiger partial charge on any atom is 0.195 e. The number of fused-ring (bicyclic) bond motifs is 1. The van der Waals surface area contributed by atoms with E-state index < -0.39 is 0 Å². The third kappa shape index (κ3) is 2.23. The highest BCUT2D eigenvalue weighted by molar-refractivity contribution is 6.17. The van der Waals surface area contributed by atoms with E-state index in [2.05, 4.69) is 36.4 Å². The predicted octanol–water partition coefficient (Wildman–Crippen LogP) is 4.41.